The molecule has 0 N–H and O–H groups in total. The van der Waals surface area contributed by atoms with Crippen molar-refractivity contribution in [3.05, 3.63) is 86.7 Å². The van der Waals surface area contributed by atoms with Crippen LogP contribution in [0.2, 0.25) is 0 Å². The molecule has 5 aromatic rings. The molecular formula is C28H31N5O2. The van der Waals surface area contributed by atoms with E-state index in [2.05, 4.69) is 54.8 Å². The zero-order valence-electron chi connectivity index (χ0n) is 20.8. The van der Waals surface area contributed by atoms with Crippen molar-refractivity contribution in [1.29, 1.82) is 0 Å². The molecule has 7 nitrogen and oxygen atoms in total. The smallest absolute Gasteiger partial charge is 0.279 e. The molecule has 7 heteroatoms. The fraction of sp³-hybridized carbons (Fsp3) is 0.321. The van der Waals surface area contributed by atoms with Gasteiger partial charge in [-0.15, -0.1) is 0 Å². The van der Waals surface area contributed by atoms with E-state index in [1.54, 1.807) is 7.05 Å². The second-order valence-corrected chi connectivity index (χ2v) is 9.10. The van der Waals surface area contributed by atoms with Crippen LogP contribution >= 0.6 is 0 Å². The quantitative estimate of drug-likeness (QED) is 0.326. The highest BCUT2D eigenvalue weighted by atomic mass is 16.2. The van der Waals surface area contributed by atoms with Gasteiger partial charge in [-0.05, 0) is 37.0 Å². The standard InChI is InChI=1S/C28H31N5O2/c1-5-7-9-14-22-23(20-12-10-8-11-13-20)32(21-17-15-19(6-2)16-18-21)27-29-25-24(33(22)27)26(34)31(4)28(35)30(25)3/h8,10-13,15-18H,5-7,9,14H2,1-4H3. The summed E-state index contributed by atoms with van der Waals surface area (Å²) in [6.45, 7) is 4.33. The van der Waals surface area contributed by atoms with Crippen molar-refractivity contribution in [2.75, 3.05) is 0 Å². The Morgan fingerprint density at radius 1 is 0.857 bits per heavy atom. The maximum atomic E-state index is 13.4. The van der Waals surface area contributed by atoms with Gasteiger partial charge in [-0.2, -0.15) is 4.98 Å². The molecule has 0 aliphatic rings. The molecule has 0 unspecified atom stereocenters. The first-order valence-electron chi connectivity index (χ1n) is 12.3. The van der Waals surface area contributed by atoms with Crippen LogP contribution in [0.4, 0.5) is 0 Å². The third-order valence-electron chi connectivity index (χ3n) is 6.87. The number of aryl methyl sites for hydroxylation is 3. The van der Waals surface area contributed by atoms with Crippen LogP contribution in [-0.4, -0.2) is 23.1 Å². The Hall–Kier alpha value is -3.87. The van der Waals surface area contributed by atoms with E-state index in [1.807, 2.05) is 22.6 Å². The number of aromatic nitrogens is 5. The van der Waals surface area contributed by atoms with E-state index in [0.29, 0.717) is 16.9 Å². The number of unbranched alkanes of at least 4 members (excludes halogenated alkanes) is 2. The second-order valence-electron chi connectivity index (χ2n) is 9.10. The van der Waals surface area contributed by atoms with Gasteiger partial charge in [0.05, 0.1) is 11.4 Å². The van der Waals surface area contributed by atoms with Crippen LogP contribution in [0, 0.1) is 0 Å². The summed E-state index contributed by atoms with van der Waals surface area (Å²) in [4.78, 5) is 31.0. The predicted octanol–water partition coefficient (Wildman–Crippen LogP) is 4.64. The SMILES string of the molecule is CCCCCc1c(-c2ccccc2)n(-c2ccc(CC)cc2)c2nc3c(c(=O)n(C)c(=O)n3C)n12. The monoisotopic (exact) mass is 469 g/mol. The largest absolute Gasteiger partial charge is 0.332 e. The van der Waals surface area contributed by atoms with Crippen LogP contribution in [0.25, 0.3) is 33.9 Å². The third-order valence-corrected chi connectivity index (χ3v) is 6.87. The predicted molar refractivity (Wildman–Crippen MR) is 141 cm³/mol. The zero-order chi connectivity index (χ0) is 24.7. The van der Waals surface area contributed by atoms with E-state index >= 15 is 0 Å². The van der Waals surface area contributed by atoms with E-state index in [0.717, 1.165) is 54.7 Å². The molecule has 0 aliphatic carbocycles. The lowest BCUT2D eigenvalue weighted by Crippen LogP contribution is -2.37. The van der Waals surface area contributed by atoms with E-state index in [-0.39, 0.29) is 11.2 Å². The molecule has 3 aromatic heterocycles. The Balaban J connectivity index is 1.97. The molecule has 0 amide bonds. The highest BCUT2D eigenvalue weighted by Crippen LogP contribution is 2.34. The lowest BCUT2D eigenvalue weighted by atomic mass is 10.0. The normalized spacial score (nSPS) is 11.7. The molecule has 35 heavy (non-hydrogen) atoms. The van der Waals surface area contributed by atoms with Gasteiger partial charge in [0.15, 0.2) is 11.2 Å². The Bertz CT molecular complexity index is 1630. The Labute approximate surface area is 203 Å². The number of nitrogens with zero attached hydrogens (tertiary/aromatic N) is 5. The van der Waals surface area contributed by atoms with Gasteiger partial charge >= 0.3 is 5.69 Å². The van der Waals surface area contributed by atoms with Gasteiger partial charge in [-0.1, -0.05) is 69.2 Å². The number of imidazole rings is 2. The van der Waals surface area contributed by atoms with Crippen LogP contribution in [0.1, 0.15) is 44.4 Å². The fourth-order valence-corrected chi connectivity index (χ4v) is 4.91. The summed E-state index contributed by atoms with van der Waals surface area (Å²) >= 11 is 0. The third kappa shape index (κ3) is 3.62. The maximum Gasteiger partial charge on any atom is 0.332 e. The lowest BCUT2D eigenvalue weighted by Gasteiger charge is -2.12. The average molecular weight is 470 g/mol. The van der Waals surface area contributed by atoms with Crippen molar-refractivity contribution in [3.63, 3.8) is 0 Å². The first-order valence-corrected chi connectivity index (χ1v) is 12.3. The molecule has 0 bridgehead atoms. The highest BCUT2D eigenvalue weighted by Gasteiger charge is 2.26. The minimum atomic E-state index is -0.377. The number of hydrogen-bond donors (Lipinski definition) is 0. The van der Waals surface area contributed by atoms with Gasteiger partial charge in [0.2, 0.25) is 5.78 Å². The lowest BCUT2D eigenvalue weighted by molar-refractivity contribution is 0.698. The molecule has 0 atom stereocenters. The van der Waals surface area contributed by atoms with Crippen molar-refractivity contribution < 1.29 is 0 Å². The van der Waals surface area contributed by atoms with Crippen molar-refractivity contribution in [2.24, 2.45) is 14.1 Å². The average Bonchev–Trinajstić information content (AvgIpc) is 3.42. The molecular weight excluding hydrogens is 438 g/mol. The summed E-state index contributed by atoms with van der Waals surface area (Å²) in [5.74, 6) is 0.646. The summed E-state index contributed by atoms with van der Waals surface area (Å²) in [5, 5.41) is 0. The zero-order valence-corrected chi connectivity index (χ0v) is 20.8. The molecule has 0 radical (unpaired) electrons. The molecule has 0 saturated carbocycles. The summed E-state index contributed by atoms with van der Waals surface area (Å²) in [6, 6.07) is 18.8. The van der Waals surface area contributed by atoms with Crippen LogP contribution in [0.15, 0.2) is 64.2 Å². The van der Waals surface area contributed by atoms with Gasteiger partial charge in [-0.25, -0.2) is 4.79 Å². The van der Waals surface area contributed by atoms with E-state index in [9.17, 15) is 9.59 Å². The molecule has 0 aliphatic heterocycles. The number of rotatable bonds is 7. The fourth-order valence-electron chi connectivity index (χ4n) is 4.91. The van der Waals surface area contributed by atoms with Gasteiger partial charge in [0.1, 0.15) is 0 Å². The van der Waals surface area contributed by atoms with Gasteiger partial charge in [0, 0.05) is 25.3 Å². The molecule has 5 rings (SSSR count). The number of benzene rings is 2. The molecule has 0 spiro atoms. The maximum absolute atomic E-state index is 13.4. The van der Waals surface area contributed by atoms with Gasteiger partial charge in [-0.3, -0.25) is 22.9 Å². The van der Waals surface area contributed by atoms with Crippen molar-refractivity contribution in [1.82, 2.24) is 23.1 Å². The van der Waals surface area contributed by atoms with Crippen LogP contribution in [-0.2, 0) is 26.9 Å². The van der Waals surface area contributed by atoms with Gasteiger partial charge in [0.25, 0.3) is 5.56 Å². The Morgan fingerprint density at radius 2 is 1.57 bits per heavy atom. The van der Waals surface area contributed by atoms with Gasteiger partial charge < -0.3 is 0 Å². The summed E-state index contributed by atoms with van der Waals surface area (Å²) in [7, 11) is 3.20. The minimum Gasteiger partial charge on any atom is -0.279 e. The van der Waals surface area contributed by atoms with Crippen LogP contribution in [0.5, 0.6) is 0 Å². The molecule has 3 heterocycles. The van der Waals surface area contributed by atoms with Crippen LogP contribution < -0.4 is 11.2 Å². The summed E-state index contributed by atoms with van der Waals surface area (Å²) in [5.41, 5.74) is 5.52. The number of hydrogen-bond acceptors (Lipinski definition) is 3. The second kappa shape index (κ2) is 9.06. The Morgan fingerprint density at radius 3 is 2.23 bits per heavy atom. The topological polar surface area (TPSA) is 66.2 Å². The molecule has 0 fully saturated rings. The molecule has 2 aromatic carbocycles. The van der Waals surface area contributed by atoms with Crippen molar-refractivity contribution >= 4 is 16.9 Å². The first-order chi connectivity index (χ1) is 17.0. The Kier molecular flexibility index (Phi) is 5.93. The van der Waals surface area contributed by atoms with Crippen LogP contribution in [0.3, 0.4) is 0 Å². The summed E-state index contributed by atoms with van der Waals surface area (Å²) < 4.78 is 6.76. The molecule has 0 saturated heterocycles. The van der Waals surface area contributed by atoms with E-state index in [4.69, 9.17) is 4.98 Å². The van der Waals surface area contributed by atoms with E-state index < -0.39 is 0 Å². The minimum absolute atomic E-state index is 0.328. The summed E-state index contributed by atoms with van der Waals surface area (Å²) in [6.07, 6.45) is 4.95. The van der Waals surface area contributed by atoms with Crippen molar-refractivity contribution in [3.8, 4) is 16.9 Å². The number of fused-ring (bicyclic) bond motifs is 3. The molecule has 180 valence electrons. The van der Waals surface area contributed by atoms with Crippen molar-refractivity contribution in [2.45, 2.75) is 46.0 Å². The highest BCUT2D eigenvalue weighted by molar-refractivity contribution is 5.81. The first kappa shape index (κ1) is 22.9. The van der Waals surface area contributed by atoms with E-state index in [1.165, 1.54) is 21.7 Å².